The van der Waals surface area contributed by atoms with Gasteiger partial charge in [-0.15, -0.1) is 0 Å². The molecule has 2 aromatic heterocycles. The number of carbonyl (C=O) groups excluding carboxylic acids is 1. The van der Waals surface area contributed by atoms with Crippen molar-refractivity contribution in [2.24, 2.45) is 0 Å². The monoisotopic (exact) mass is 319 g/mol. The third-order valence-corrected chi connectivity index (χ3v) is 3.64. The number of carbonyl (C=O) groups is 2. The molecule has 2 heterocycles. The summed E-state index contributed by atoms with van der Waals surface area (Å²) in [5, 5.41) is 16.0. The lowest BCUT2D eigenvalue weighted by molar-refractivity contribution is -0.137. The van der Waals surface area contributed by atoms with Gasteiger partial charge in [0.1, 0.15) is 0 Å². The van der Waals surface area contributed by atoms with Crippen molar-refractivity contribution in [2.45, 2.75) is 52.5 Å². The van der Waals surface area contributed by atoms with E-state index in [9.17, 15) is 9.59 Å². The number of nitrogens with one attached hydrogen (secondary N) is 1. The first-order chi connectivity index (χ1) is 10.8. The van der Waals surface area contributed by atoms with Gasteiger partial charge in [0.05, 0.1) is 16.6 Å². The average Bonchev–Trinajstić information content (AvgIpc) is 2.85. The Balaban J connectivity index is 2.31. The summed E-state index contributed by atoms with van der Waals surface area (Å²) in [6.07, 6.45) is 0.381. The lowest BCUT2D eigenvalue weighted by atomic mass is 10.0. The molecular weight excluding hydrogens is 298 g/mol. The highest BCUT2D eigenvalue weighted by Gasteiger charge is 2.20. The van der Waals surface area contributed by atoms with Crippen LogP contribution in [0, 0.1) is 6.92 Å². The number of carboxylic acid groups (broad SMARTS) is 1. The quantitative estimate of drug-likeness (QED) is 0.848. The van der Waals surface area contributed by atoms with Crippen LogP contribution in [0.3, 0.4) is 0 Å². The van der Waals surface area contributed by atoms with Crippen molar-refractivity contribution < 1.29 is 19.2 Å². The van der Waals surface area contributed by atoms with Crippen LogP contribution in [0.2, 0.25) is 0 Å². The van der Waals surface area contributed by atoms with E-state index in [1.54, 1.807) is 19.9 Å². The molecule has 0 aromatic carbocycles. The van der Waals surface area contributed by atoms with Gasteiger partial charge in [-0.05, 0) is 32.3 Å². The molecule has 0 fully saturated rings. The van der Waals surface area contributed by atoms with Crippen LogP contribution in [0.25, 0.3) is 11.1 Å². The predicted molar refractivity (Wildman–Crippen MR) is 84.4 cm³/mol. The van der Waals surface area contributed by atoms with Crippen LogP contribution in [-0.2, 0) is 4.79 Å². The Labute approximate surface area is 134 Å². The van der Waals surface area contributed by atoms with Crippen molar-refractivity contribution in [2.75, 3.05) is 0 Å². The van der Waals surface area contributed by atoms with Gasteiger partial charge in [-0.1, -0.05) is 19.0 Å². The number of fused-ring (bicyclic) bond motifs is 1. The molecule has 0 spiro atoms. The summed E-state index contributed by atoms with van der Waals surface area (Å²) in [5.74, 6) is -1.02. The minimum atomic E-state index is -0.880. The molecule has 0 aliphatic rings. The summed E-state index contributed by atoms with van der Waals surface area (Å²) in [7, 11) is 0. The van der Waals surface area contributed by atoms with E-state index in [-0.39, 0.29) is 24.3 Å². The third-order valence-electron chi connectivity index (χ3n) is 3.64. The maximum absolute atomic E-state index is 12.6. The zero-order chi connectivity index (χ0) is 17.1. The normalized spacial score (nSPS) is 12.6. The molecule has 2 N–H and O–H groups in total. The van der Waals surface area contributed by atoms with Crippen LogP contribution in [0.4, 0.5) is 0 Å². The third kappa shape index (κ3) is 3.85. The lowest BCUT2D eigenvalue weighted by Gasteiger charge is -2.14. The number of rotatable bonds is 6. The van der Waals surface area contributed by atoms with Crippen LogP contribution in [0.15, 0.2) is 10.6 Å². The van der Waals surface area contributed by atoms with Crippen molar-refractivity contribution >= 4 is 23.0 Å². The van der Waals surface area contributed by atoms with E-state index in [1.165, 1.54) is 0 Å². The van der Waals surface area contributed by atoms with Crippen molar-refractivity contribution in [3.05, 3.63) is 23.0 Å². The SMILES string of the molecule is Cc1noc2nc(C(C)C)cc(C(=O)NC(C)CCC(=O)O)c12. The maximum atomic E-state index is 12.6. The number of nitrogens with zero attached hydrogens (tertiary/aromatic N) is 2. The van der Waals surface area contributed by atoms with Crippen molar-refractivity contribution in [3.63, 3.8) is 0 Å². The smallest absolute Gasteiger partial charge is 0.303 e. The molecule has 124 valence electrons. The molecule has 7 heteroatoms. The first-order valence-electron chi connectivity index (χ1n) is 7.59. The Kier molecular flexibility index (Phi) is 4.98. The summed E-state index contributed by atoms with van der Waals surface area (Å²) in [6, 6.07) is 1.50. The first-order valence-corrected chi connectivity index (χ1v) is 7.59. The van der Waals surface area contributed by atoms with Crippen molar-refractivity contribution in [1.29, 1.82) is 0 Å². The first kappa shape index (κ1) is 16.9. The summed E-state index contributed by atoms with van der Waals surface area (Å²) in [5.41, 5.74) is 2.15. The number of hydrogen-bond acceptors (Lipinski definition) is 5. The van der Waals surface area contributed by atoms with E-state index >= 15 is 0 Å². The second-order valence-corrected chi connectivity index (χ2v) is 6.00. The Bertz CT molecular complexity index is 736. The van der Waals surface area contributed by atoms with Crippen LogP contribution in [-0.4, -0.2) is 33.2 Å². The van der Waals surface area contributed by atoms with Gasteiger partial charge < -0.3 is 14.9 Å². The van der Waals surface area contributed by atoms with Crippen molar-refractivity contribution in [1.82, 2.24) is 15.5 Å². The minimum Gasteiger partial charge on any atom is -0.481 e. The molecule has 0 bridgehead atoms. The standard InChI is InChI=1S/C16H21N3O4/c1-8(2)12-7-11(14-10(4)19-23-16(14)18-12)15(22)17-9(3)5-6-13(20)21/h7-9H,5-6H2,1-4H3,(H,17,22)(H,20,21). The molecule has 0 saturated heterocycles. The molecule has 1 amide bonds. The molecule has 0 saturated carbocycles. The zero-order valence-electron chi connectivity index (χ0n) is 13.7. The summed E-state index contributed by atoms with van der Waals surface area (Å²) < 4.78 is 5.20. The topological polar surface area (TPSA) is 105 Å². The fourth-order valence-corrected chi connectivity index (χ4v) is 2.30. The van der Waals surface area contributed by atoms with Gasteiger partial charge in [0.2, 0.25) is 0 Å². The van der Waals surface area contributed by atoms with Crippen LogP contribution in [0.5, 0.6) is 0 Å². The Morgan fingerprint density at radius 1 is 1.35 bits per heavy atom. The minimum absolute atomic E-state index is 0.0107. The highest BCUT2D eigenvalue weighted by atomic mass is 16.5. The molecule has 23 heavy (non-hydrogen) atoms. The van der Waals surface area contributed by atoms with Gasteiger partial charge in [-0.25, -0.2) is 4.98 Å². The Hall–Kier alpha value is -2.44. The van der Waals surface area contributed by atoms with Crippen LogP contribution in [0.1, 0.15) is 61.3 Å². The van der Waals surface area contributed by atoms with E-state index in [0.717, 1.165) is 5.69 Å². The number of hydrogen-bond donors (Lipinski definition) is 2. The van der Waals surface area contributed by atoms with Gasteiger partial charge >= 0.3 is 5.97 Å². The number of amides is 1. The number of aromatic nitrogens is 2. The molecule has 0 aliphatic heterocycles. The summed E-state index contributed by atoms with van der Waals surface area (Å²) in [4.78, 5) is 27.6. The average molecular weight is 319 g/mol. The fraction of sp³-hybridized carbons (Fsp3) is 0.500. The van der Waals surface area contributed by atoms with E-state index < -0.39 is 5.97 Å². The second-order valence-electron chi connectivity index (χ2n) is 6.00. The van der Waals surface area contributed by atoms with Crippen molar-refractivity contribution in [3.8, 4) is 0 Å². The van der Waals surface area contributed by atoms with Crippen LogP contribution < -0.4 is 5.32 Å². The largest absolute Gasteiger partial charge is 0.481 e. The molecule has 2 rings (SSSR count). The molecule has 0 radical (unpaired) electrons. The Morgan fingerprint density at radius 2 is 2.04 bits per heavy atom. The number of aryl methyl sites for hydroxylation is 1. The predicted octanol–water partition coefficient (Wildman–Crippen LogP) is 2.64. The van der Waals surface area contributed by atoms with E-state index in [1.807, 2.05) is 13.8 Å². The number of carboxylic acids is 1. The van der Waals surface area contributed by atoms with Gasteiger partial charge in [0.25, 0.3) is 11.6 Å². The number of pyridine rings is 1. The molecule has 2 aromatic rings. The summed E-state index contributed by atoms with van der Waals surface area (Å²) >= 11 is 0. The van der Waals surface area contributed by atoms with Gasteiger partial charge in [-0.2, -0.15) is 0 Å². The highest BCUT2D eigenvalue weighted by molar-refractivity contribution is 6.06. The van der Waals surface area contributed by atoms with Gasteiger partial charge in [0, 0.05) is 18.2 Å². The molecule has 1 atom stereocenters. The maximum Gasteiger partial charge on any atom is 0.303 e. The molecular formula is C16H21N3O4. The van der Waals surface area contributed by atoms with E-state index in [0.29, 0.717) is 28.8 Å². The Morgan fingerprint density at radius 3 is 2.65 bits per heavy atom. The fourth-order valence-electron chi connectivity index (χ4n) is 2.30. The van der Waals surface area contributed by atoms with Crippen LogP contribution >= 0.6 is 0 Å². The van der Waals surface area contributed by atoms with E-state index in [2.05, 4.69) is 15.5 Å². The lowest BCUT2D eigenvalue weighted by Crippen LogP contribution is -2.33. The highest BCUT2D eigenvalue weighted by Crippen LogP contribution is 2.25. The second kappa shape index (κ2) is 6.76. The van der Waals surface area contributed by atoms with Gasteiger partial charge in [0.15, 0.2) is 0 Å². The van der Waals surface area contributed by atoms with E-state index in [4.69, 9.17) is 9.63 Å². The number of aliphatic carboxylic acids is 1. The summed E-state index contributed by atoms with van der Waals surface area (Å²) in [6.45, 7) is 7.50. The molecule has 0 aliphatic carbocycles. The molecule has 1 unspecified atom stereocenters. The molecule has 7 nitrogen and oxygen atoms in total. The zero-order valence-corrected chi connectivity index (χ0v) is 13.7. The van der Waals surface area contributed by atoms with Gasteiger partial charge in [-0.3, -0.25) is 9.59 Å².